The number of amides is 1. The lowest BCUT2D eigenvalue weighted by molar-refractivity contribution is -0.119. The molecular formula is C15H16FN3O3S. The maximum Gasteiger partial charge on any atom is 0.277 e. The first-order valence-electron chi connectivity index (χ1n) is 7.31. The van der Waals surface area contributed by atoms with Crippen LogP contribution in [0.15, 0.2) is 33.9 Å². The molecule has 1 unspecified atom stereocenters. The quantitative estimate of drug-likeness (QED) is 0.815. The summed E-state index contributed by atoms with van der Waals surface area (Å²) in [4.78, 5) is 11.8. The van der Waals surface area contributed by atoms with E-state index in [4.69, 9.17) is 9.15 Å². The van der Waals surface area contributed by atoms with Crippen molar-refractivity contribution in [3.8, 4) is 11.5 Å². The monoisotopic (exact) mass is 337 g/mol. The van der Waals surface area contributed by atoms with Crippen LogP contribution in [-0.4, -0.2) is 41.1 Å². The van der Waals surface area contributed by atoms with Crippen LogP contribution in [0.1, 0.15) is 12.8 Å². The minimum atomic E-state index is -0.328. The number of thioether (sulfide) groups is 1. The van der Waals surface area contributed by atoms with Crippen molar-refractivity contribution < 1.29 is 18.3 Å². The molecule has 0 saturated carbocycles. The predicted molar refractivity (Wildman–Crippen MR) is 82.4 cm³/mol. The van der Waals surface area contributed by atoms with E-state index in [1.54, 1.807) is 12.1 Å². The number of hydrogen-bond acceptors (Lipinski definition) is 6. The summed E-state index contributed by atoms with van der Waals surface area (Å²) in [7, 11) is 0. The summed E-state index contributed by atoms with van der Waals surface area (Å²) in [5.41, 5.74) is 0.633. The van der Waals surface area contributed by atoms with Crippen LogP contribution < -0.4 is 5.32 Å². The van der Waals surface area contributed by atoms with Crippen molar-refractivity contribution in [3.05, 3.63) is 30.1 Å². The van der Waals surface area contributed by atoms with Crippen LogP contribution in [0.4, 0.5) is 4.39 Å². The average molecular weight is 337 g/mol. The van der Waals surface area contributed by atoms with Crippen LogP contribution in [0.25, 0.3) is 11.5 Å². The molecule has 3 rings (SSSR count). The van der Waals surface area contributed by atoms with Gasteiger partial charge in [0.1, 0.15) is 5.82 Å². The molecule has 0 bridgehead atoms. The third-order valence-corrected chi connectivity index (χ3v) is 4.19. The number of benzene rings is 1. The van der Waals surface area contributed by atoms with Gasteiger partial charge in [-0.2, -0.15) is 0 Å². The molecule has 8 heteroatoms. The van der Waals surface area contributed by atoms with Crippen LogP contribution in [0.5, 0.6) is 0 Å². The number of carbonyl (C=O) groups excluding carboxylic acids is 1. The molecule has 1 aliphatic rings. The molecule has 0 aliphatic carbocycles. The third kappa shape index (κ3) is 4.52. The normalized spacial score (nSPS) is 17.3. The number of hydrogen-bond donors (Lipinski definition) is 1. The van der Waals surface area contributed by atoms with E-state index in [9.17, 15) is 9.18 Å². The van der Waals surface area contributed by atoms with Gasteiger partial charge in [-0.3, -0.25) is 4.79 Å². The highest BCUT2D eigenvalue weighted by molar-refractivity contribution is 7.99. The van der Waals surface area contributed by atoms with Gasteiger partial charge in [0.05, 0.1) is 11.9 Å². The van der Waals surface area contributed by atoms with Crippen LogP contribution in [-0.2, 0) is 9.53 Å². The number of carbonyl (C=O) groups is 1. The molecule has 122 valence electrons. The summed E-state index contributed by atoms with van der Waals surface area (Å²) < 4.78 is 23.8. The molecule has 1 aliphatic heterocycles. The SMILES string of the molecule is O=C(CSc1nnc(-c2ccc(F)cc2)o1)NCC1CCCO1. The Morgan fingerprint density at radius 1 is 1.35 bits per heavy atom. The van der Waals surface area contributed by atoms with Gasteiger partial charge in [-0.1, -0.05) is 11.8 Å². The van der Waals surface area contributed by atoms with E-state index in [0.29, 0.717) is 23.2 Å². The Balaban J connectivity index is 1.47. The Labute approximate surface area is 136 Å². The van der Waals surface area contributed by atoms with Crippen molar-refractivity contribution in [2.45, 2.75) is 24.2 Å². The standard InChI is InChI=1S/C15H16FN3O3S/c16-11-5-3-10(4-6-11)14-18-19-15(22-14)23-9-13(20)17-8-12-2-1-7-21-12/h3-6,12H,1-2,7-9H2,(H,17,20). The van der Waals surface area contributed by atoms with Crippen LogP contribution >= 0.6 is 11.8 Å². The Bertz CT molecular complexity index is 656. The van der Waals surface area contributed by atoms with Crippen LogP contribution in [0.2, 0.25) is 0 Å². The second-order valence-electron chi connectivity index (χ2n) is 5.11. The Hall–Kier alpha value is -1.93. The van der Waals surface area contributed by atoms with E-state index in [1.165, 1.54) is 12.1 Å². The van der Waals surface area contributed by atoms with Gasteiger partial charge in [0, 0.05) is 18.7 Å². The molecule has 2 heterocycles. The summed E-state index contributed by atoms with van der Waals surface area (Å²) >= 11 is 1.16. The predicted octanol–water partition coefficient (Wildman–Crippen LogP) is 2.26. The fourth-order valence-electron chi connectivity index (χ4n) is 2.19. The molecule has 1 N–H and O–H groups in total. The topological polar surface area (TPSA) is 77.2 Å². The van der Waals surface area contributed by atoms with Gasteiger partial charge in [0.15, 0.2) is 0 Å². The van der Waals surface area contributed by atoms with Gasteiger partial charge in [0.25, 0.3) is 5.22 Å². The molecule has 6 nitrogen and oxygen atoms in total. The lowest BCUT2D eigenvalue weighted by atomic mass is 10.2. The minimum absolute atomic E-state index is 0.105. The molecule has 0 radical (unpaired) electrons. The number of rotatable bonds is 6. The molecule has 2 aromatic rings. The van der Waals surface area contributed by atoms with Gasteiger partial charge >= 0.3 is 0 Å². The second kappa shape index (κ2) is 7.56. The smallest absolute Gasteiger partial charge is 0.277 e. The summed E-state index contributed by atoms with van der Waals surface area (Å²) in [5.74, 6) is 0.0580. The van der Waals surface area contributed by atoms with Crippen molar-refractivity contribution in [1.82, 2.24) is 15.5 Å². The first-order chi connectivity index (χ1) is 11.2. The molecular weight excluding hydrogens is 321 g/mol. The highest BCUT2D eigenvalue weighted by atomic mass is 32.2. The molecule has 1 aromatic heterocycles. The first kappa shape index (κ1) is 15.9. The van der Waals surface area contributed by atoms with E-state index in [2.05, 4.69) is 15.5 Å². The molecule has 1 amide bonds. The van der Waals surface area contributed by atoms with Crippen molar-refractivity contribution in [3.63, 3.8) is 0 Å². The number of ether oxygens (including phenoxy) is 1. The highest BCUT2D eigenvalue weighted by Gasteiger charge is 2.17. The Morgan fingerprint density at radius 2 is 2.17 bits per heavy atom. The maximum absolute atomic E-state index is 12.9. The first-order valence-corrected chi connectivity index (χ1v) is 8.30. The second-order valence-corrected chi connectivity index (χ2v) is 6.03. The number of nitrogens with one attached hydrogen (secondary N) is 1. The van der Waals surface area contributed by atoms with E-state index < -0.39 is 0 Å². The van der Waals surface area contributed by atoms with Gasteiger partial charge in [-0.25, -0.2) is 4.39 Å². The molecule has 1 fully saturated rings. The molecule has 1 aromatic carbocycles. The van der Waals surface area contributed by atoms with Crippen LogP contribution in [0.3, 0.4) is 0 Å². The van der Waals surface area contributed by atoms with E-state index in [-0.39, 0.29) is 23.6 Å². The van der Waals surface area contributed by atoms with Gasteiger partial charge in [-0.05, 0) is 37.1 Å². The van der Waals surface area contributed by atoms with Gasteiger partial charge in [-0.15, -0.1) is 10.2 Å². The lowest BCUT2D eigenvalue weighted by Gasteiger charge is -2.09. The molecule has 1 atom stereocenters. The molecule has 1 saturated heterocycles. The number of halogens is 1. The Kier molecular flexibility index (Phi) is 5.24. The zero-order valence-corrected chi connectivity index (χ0v) is 13.1. The summed E-state index contributed by atoms with van der Waals surface area (Å²) in [6.07, 6.45) is 2.15. The minimum Gasteiger partial charge on any atom is -0.411 e. The lowest BCUT2D eigenvalue weighted by Crippen LogP contribution is -2.32. The van der Waals surface area contributed by atoms with Crippen molar-refractivity contribution >= 4 is 17.7 Å². The van der Waals surface area contributed by atoms with E-state index >= 15 is 0 Å². The van der Waals surface area contributed by atoms with Gasteiger partial charge in [0.2, 0.25) is 11.8 Å². The summed E-state index contributed by atoms with van der Waals surface area (Å²) in [6, 6.07) is 5.77. The highest BCUT2D eigenvalue weighted by Crippen LogP contribution is 2.23. The van der Waals surface area contributed by atoms with Crippen molar-refractivity contribution in [2.24, 2.45) is 0 Å². The van der Waals surface area contributed by atoms with Gasteiger partial charge < -0.3 is 14.5 Å². The average Bonchev–Trinajstić information content (AvgIpc) is 3.23. The van der Waals surface area contributed by atoms with E-state index in [0.717, 1.165) is 31.2 Å². The van der Waals surface area contributed by atoms with Crippen molar-refractivity contribution in [2.75, 3.05) is 18.9 Å². The summed E-state index contributed by atoms with van der Waals surface area (Å²) in [6.45, 7) is 1.30. The van der Waals surface area contributed by atoms with Crippen molar-refractivity contribution in [1.29, 1.82) is 0 Å². The summed E-state index contributed by atoms with van der Waals surface area (Å²) in [5, 5.41) is 10.9. The fraction of sp³-hybridized carbons (Fsp3) is 0.400. The number of nitrogens with zero attached hydrogens (tertiary/aromatic N) is 2. The zero-order chi connectivity index (χ0) is 16.1. The maximum atomic E-state index is 12.9. The fourth-order valence-corrected chi connectivity index (χ4v) is 2.78. The number of aromatic nitrogens is 2. The zero-order valence-electron chi connectivity index (χ0n) is 12.3. The Morgan fingerprint density at radius 3 is 2.91 bits per heavy atom. The molecule has 0 spiro atoms. The van der Waals surface area contributed by atoms with E-state index in [1.807, 2.05) is 0 Å². The van der Waals surface area contributed by atoms with Crippen LogP contribution in [0, 0.1) is 5.82 Å². The largest absolute Gasteiger partial charge is 0.411 e. The molecule has 23 heavy (non-hydrogen) atoms. The third-order valence-electron chi connectivity index (χ3n) is 3.38.